The van der Waals surface area contributed by atoms with E-state index in [4.69, 9.17) is 9.15 Å². The minimum Gasteiger partial charge on any atom is -0.490 e. The summed E-state index contributed by atoms with van der Waals surface area (Å²) in [5, 5.41) is 3.40. The molecule has 0 aliphatic heterocycles. The lowest BCUT2D eigenvalue weighted by atomic mass is 10.1. The molecule has 0 saturated carbocycles. The fraction of sp³-hybridized carbons (Fsp3) is 0.438. The van der Waals surface area contributed by atoms with Crippen LogP contribution in [0.2, 0.25) is 0 Å². The molecule has 0 aromatic carbocycles. The highest BCUT2D eigenvalue weighted by Crippen LogP contribution is 2.22. The van der Waals surface area contributed by atoms with Gasteiger partial charge in [-0.1, -0.05) is 6.92 Å². The van der Waals surface area contributed by atoms with Crippen molar-refractivity contribution in [1.82, 2.24) is 4.98 Å². The number of hydrogen-bond donors (Lipinski definition) is 1. The van der Waals surface area contributed by atoms with Crippen LogP contribution in [0.15, 0.2) is 41.1 Å². The first-order chi connectivity index (χ1) is 9.79. The van der Waals surface area contributed by atoms with Crippen LogP contribution in [-0.4, -0.2) is 17.6 Å². The van der Waals surface area contributed by atoms with Crippen molar-refractivity contribution >= 4 is 5.82 Å². The van der Waals surface area contributed by atoms with E-state index < -0.39 is 0 Å². The summed E-state index contributed by atoms with van der Waals surface area (Å²) in [4.78, 5) is 4.36. The summed E-state index contributed by atoms with van der Waals surface area (Å²) < 4.78 is 11.0. The Hall–Kier alpha value is -1.97. The van der Waals surface area contributed by atoms with Crippen LogP contribution in [0.3, 0.4) is 0 Å². The summed E-state index contributed by atoms with van der Waals surface area (Å²) >= 11 is 0. The number of nitrogens with zero attached hydrogens (tertiary/aromatic N) is 1. The van der Waals surface area contributed by atoms with Gasteiger partial charge < -0.3 is 14.5 Å². The Kier molecular flexibility index (Phi) is 5.47. The summed E-state index contributed by atoms with van der Waals surface area (Å²) in [7, 11) is 0. The molecular weight excluding hydrogens is 252 g/mol. The molecule has 2 rings (SSSR count). The van der Waals surface area contributed by atoms with Crippen molar-refractivity contribution in [3.8, 4) is 5.75 Å². The molecule has 0 saturated heterocycles. The third kappa shape index (κ3) is 4.30. The summed E-state index contributed by atoms with van der Waals surface area (Å²) in [5.41, 5.74) is 0. The van der Waals surface area contributed by atoms with E-state index in [1.54, 1.807) is 12.5 Å². The quantitative estimate of drug-likeness (QED) is 0.793. The van der Waals surface area contributed by atoms with E-state index in [0.29, 0.717) is 12.6 Å². The highest BCUT2D eigenvalue weighted by Gasteiger charge is 2.09. The number of rotatable bonds is 8. The lowest BCUT2D eigenvalue weighted by Gasteiger charge is -2.16. The van der Waals surface area contributed by atoms with Gasteiger partial charge in [-0.2, -0.15) is 0 Å². The number of aryl methyl sites for hydroxylation is 1. The Morgan fingerprint density at radius 3 is 3.00 bits per heavy atom. The molecule has 0 radical (unpaired) electrons. The average Bonchev–Trinajstić information content (AvgIpc) is 2.97. The molecule has 0 spiro atoms. The monoisotopic (exact) mass is 274 g/mol. The normalized spacial score (nSPS) is 12.1. The van der Waals surface area contributed by atoms with Gasteiger partial charge in [0.1, 0.15) is 5.76 Å². The van der Waals surface area contributed by atoms with Gasteiger partial charge in [-0.3, -0.25) is 0 Å². The zero-order valence-electron chi connectivity index (χ0n) is 12.1. The second-order valence-corrected chi connectivity index (χ2v) is 4.86. The van der Waals surface area contributed by atoms with Gasteiger partial charge in [0.2, 0.25) is 0 Å². The minimum atomic E-state index is 0.305. The van der Waals surface area contributed by atoms with E-state index in [2.05, 4.69) is 24.1 Å². The van der Waals surface area contributed by atoms with Crippen LogP contribution in [-0.2, 0) is 6.42 Å². The first kappa shape index (κ1) is 14.4. The second-order valence-electron chi connectivity index (χ2n) is 4.86. The number of nitrogens with one attached hydrogen (secondary N) is 1. The van der Waals surface area contributed by atoms with Crippen molar-refractivity contribution in [3.63, 3.8) is 0 Å². The molecule has 1 unspecified atom stereocenters. The molecule has 4 nitrogen and oxygen atoms in total. The van der Waals surface area contributed by atoms with Gasteiger partial charge in [0.25, 0.3) is 0 Å². The molecule has 4 heteroatoms. The third-order valence-corrected chi connectivity index (χ3v) is 3.02. The molecule has 0 aliphatic rings. The molecular formula is C16H22N2O2. The molecule has 2 aromatic rings. The van der Waals surface area contributed by atoms with Gasteiger partial charge in [0, 0.05) is 18.7 Å². The van der Waals surface area contributed by atoms with E-state index >= 15 is 0 Å². The Morgan fingerprint density at radius 2 is 2.25 bits per heavy atom. The Bertz CT molecular complexity index is 497. The zero-order valence-corrected chi connectivity index (χ0v) is 12.1. The molecule has 0 aliphatic carbocycles. The topological polar surface area (TPSA) is 47.3 Å². The highest BCUT2D eigenvalue weighted by atomic mass is 16.5. The van der Waals surface area contributed by atoms with Gasteiger partial charge >= 0.3 is 0 Å². The number of furan rings is 1. The van der Waals surface area contributed by atoms with Crippen LogP contribution in [0.25, 0.3) is 0 Å². The van der Waals surface area contributed by atoms with Crippen molar-refractivity contribution < 1.29 is 9.15 Å². The van der Waals surface area contributed by atoms with Crippen molar-refractivity contribution in [3.05, 3.63) is 42.5 Å². The third-order valence-electron chi connectivity index (χ3n) is 3.02. The van der Waals surface area contributed by atoms with Crippen molar-refractivity contribution in [1.29, 1.82) is 0 Å². The largest absolute Gasteiger partial charge is 0.490 e. The van der Waals surface area contributed by atoms with Crippen LogP contribution in [0.1, 0.15) is 32.4 Å². The highest BCUT2D eigenvalue weighted by molar-refractivity contribution is 5.50. The van der Waals surface area contributed by atoms with Gasteiger partial charge in [-0.05, 0) is 44.0 Å². The van der Waals surface area contributed by atoms with Crippen LogP contribution in [0.5, 0.6) is 5.75 Å². The number of aromatic nitrogens is 1. The van der Waals surface area contributed by atoms with Gasteiger partial charge in [0.05, 0.1) is 12.9 Å². The Morgan fingerprint density at radius 1 is 1.35 bits per heavy atom. The molecule has 1 N–H and O–H groups in total. The molecule has 0 amide bonds. The zero-order chi connectivity index (χ0) is 14.2. The Labute approximate surface area is 120 Å². The number of ether oxygens (including phenoxy) is 1. The van der Waals surface area contributed by atoms with Gasteiger partial charge in [0.15, 0.2) is 11.6 Å². The van der Waals surface area contributed by atoms with Crippen molar-refractivity contribution in [2.45, 2.75) is 39.2 Å². The summed E-state index contributed by atoms with van der Waals surface area (Å²) in [6.07, 6.45) is 6.38. The Balaban J connectivity index is 1.88. The van der Waals surface area contributed by atoms with Gasteiger partial charge in [-0.25, -0.2) is 4.98 Å². The molecule has 0 fully saturated rings. The van der Waals surface area contributed by atoms with E-state index in [1.165, 1.54) is 0 Å². The maximum Gasteiger partial charge on any atom is 0.168 e. The van der Waals surface area contributed by atoms with E-state index in [0.717, 1.165) is 36.6 Å². The number of pyridine rings is 1. The SMILES string of the molecule is CCCOc1cccnc1NC(C)CCc1ccco1. The fourth-order valence-corrected chi connectivity index (χ4v) is 1.95. The summed E-state index contributed by atoms with van der Waals surface area (Å²) in [6, 6.07) is 8.07. The molecule has 2 heterocycles. The minimum absolute atomic E-state index is 0.305. The maximum absolute atomic E-state index is 5.69. The predicted molar refractivity (Wildman–Crippen MR) is 80.1 cm³/mol. The molecule has 20 heavy (non-hydrogen) atoms. The fourth-order valence-electron chi connectivity index (χ4n) is 1.95. The number of hydrogen-bond acceptors (Lipinski definition) is 4. The van der Waals surface area contributed by atoms with Crippen molar-refractivity contribution in [2.24, 2.45) is 0 Å². The second kappa shape index (κ2) is 7.58. The lowest BCUT2D eigenvalue weighted by molar-refractivity contribution is 0.317. The van der Waals surface area contributed by atoms with Crippen LogP contribution >= 0.6 is 0 Å². The standard InChI is InChI=1S/C16H22N2O2/c1-3-11-20-15-7-4-10-17-16(15)18-13(2)8-9-14-6-5-12-19-14/h4-7,10,12-13H,3,8-9,11H2,1-2H3,(H,17,18). The first-order valence-corrected chi connectivity index (χ1v) is 7.16. The predicted octanol–water partition coefficient (Wildman–Crippen LogP) is 3.90. The average molecular weight is 274 g/mol. The van der Waals surface area contributed by atoms with Crippen molar-refractivity contribution in [2.75, 3.05) is 11.9 Å². The molecule has 0 bridgehead atoms. The molecule has 108 valence electrons. The molecule has 2 aromatic heterocycles. The summed E-state index contributed by atoms with van der Waals surface area (Å²) in [5.74, 6) is 2.65. The first-order valence-electron chi connectivity index (χ1n) is 7.16. The smallest absolute Gasteiger partial charge is 0.168 e. The van der Waals surface area contributed by atoms with E-state index in [9.17, 15) is 0 Å². The van der Waals surface area contributed by atoms with E-state index in [-0.39, 0.29) is 0 Å². The van der Waals surface area contributed by atoms with Crippen LogP contribution in [0, 0.1) is 0 Å². The van der Waals surface area contributed by atoms with E-state index in [1.807, 2.05) is 24.3 Å². The lowest BCUT2D eigenvalue weighted by Crippen LogP contribution is -2.17. The summed E-state index contributed by atoms with van der Waals surface area (Å²) in [6.45, 7) is 4.94. The van der Waals surface area contributed by atoms with Gasteiger partial charge in [-0.15, -0.1) is 0 Å². The maximum atomic E-state index is 5.69. The van der Waals surface area contributed by atoms with Crippen LogP contribution < -0.4 is 10.1 Å². The number of anilines is 1. The molecule has 1 atom stereocenters. The van der Waals surface area contributed by atoms with Crippen LogP contribution in [0.4, 0.5) is 5.82 Å².